The lowest BCUT2D eigenvalue weighted by Gasteiger charge is -2.28. The van der Waals surface area contributed by atoms with Gasteiger partial charge in [0.1, 0.15) is 5.75 Å². The van der Waals surface area contributed by atoms with Gasteiger partial charge in [-0.15, -0.1) is 0 Å². The third-order valence-electron chi connectivity index (χ3n) is 3.83. The molecule has 0 radical (unpaired) electrons. The summed E-state index contributed by atoms with van der Waals surface area (Å²) in [6.07, 6.45) is 3.66. The highest BCUT2D eigenvalue weighted by Crippen LogP contribution is 2.22. The van der Waals surface area contributed by atoms with Crippen molar-refractivity contribution in [3.63, 3.8) is 0 Å². The Morgan fingerprint density at radius 1 is 1.25 bits per heavy atom. The SMILES string of the molecule is CCCC(CC)NCC(c1cccc(OC)c1)N(C)C. The Hall–Kier alpha value is -1.06. The Morgan fingerprint density at radius 3 is 2.55 bits per heavy atom. The second-order valence-corrected chi connectivity index (χ2v) is 5.56. The molecule has 1 N–H and O–H groups in total. The minimum atomic E-state index is 0.371. The second kappa shape index (κ2) is 8.98. The fourth-order valence-electron chi connectivity index (χ4n) is 2.52. The third-order valence-corrected chi connectivity index (χ3v) is 3.83. The number of nitrogens with zero attached hydrogens (tertiary/aromatic N) is 1. The molecule has 0 amide bonds. The van der Waals surface area contributed by atoms with E-state index in [2.05, 4.69) is 56.4 Å². The summed E-state index contributed by atoms with van der Waals surface area (Å²) in [6, 6.07) is 9.36. The summed E-state index contributed by atoms with van der Waals surface area (Å²) < 4.78 is 5.33. The molecule has 2 unspecified atom stereocenters. The molecule has 114 valence electrons. The second-order valence-electron chi connectivity index (χ2n) is 5.56. The molecule has 0 bridgehead atoms. The Morgan fingerprint density at radius 2 is 2.00 bits per heavy atom. The van der Waals surface area contributed by atoms with E-state index in [4.69, 9.17) is 4.74 Å². The molecule has 3 nitrogen and oxygen atoms in total. The summed E-state index contributed by atoms with van der Waals surface area (Å²) in [4.78, 5) is 2.26. The van der Waals surface area contributed by atoms with Crippen LogP contribution in [0.1, 0.15) is 44.7 Å². The van der Waals surface area contributed by atoms with E-state index in [1.807, 2.05) is 6.07 Å². The minimum absolute atomic E-state index is 0.371. The van der Waals surface area contributed by atoms with Crippen molar-refractivity contribution in [2.75, 3.05) is 27.7 Å². The van der Waals surface area contributed by atoms with Gasteiger partial charge >= 0.3 is 0 Å². The minimum Gasteiger partial charge on any atom is -0.497 e. The van der Waals surface area contributed by atoms with Gasteiger partial charge in [0.25, 0.3) is 0 Å². The average Bonchev–Trinajstić information content (AvgIpc) is 2.46. The van der Waals surface area contributed by atoms with Crippen LogP contribution in [-0.4, -0.2) is 38.7 Å². The molecule has 0 saturated heterocycles. The summed E-state index contributed by atoms with van der Waals surface area (Å²) in [5, 5.41) is 3.71. The molecule has 1 aromatic rings. The number of methoxy groups -OCH3 is 1. The Labute approximate surface area is 124 Å². The lowest BCUT2D eigenvalue weighted by Crippen LogP contribution is -2.36. The molecule has 3 heteroatoms. The zero-order chi connectivity index (χ0) is 15.0. The first-order valence-corrected chi connectivity index (χ1v) is 7.66. The van der Waals surface area contributed by atoms with E-state index in [-0.39, 0.29) is 0 Å². The van der Waals surface area contributed by atoms with E-state index in [1.54, 1.807) is 7.11 Å². The van der Waals surface area contributed by atoms with Gasteiger partial charge in [-0.2, -0.15) is 0 Å². The predicted molar refractivity (Wildman–Crippen MR) is 86.4 cm³/mol. The lowest BCUT2D eigenvalue weighted by molar-refractivity contribution is 0.274. The van der Waals surface area contributed by atoms with Crippen molar-refractivity contribution in [3.05, 3.63) is 29.8 Å². The van der Waals surface area contributed by atoms with Gasteiger partial charge in [0.15, 0.2) is 0 Å². The summed E-state index contributed by atoms with van der Waals surface area (Å²) >= 11 is 0. The summed E-state index contributed by atoms with van der Waals surface area (Å²) in [5.74, 6) is 0.926. The van der Waals surface area contributed by atoms with Crippen molar-refractivity contribution >= 4 is 0 Å². The fourth-order valence-corrected chi connectivity index (χ4v) is 2.52. The number of ether oxygens (including phenoxy) is 1. The normalized spacial score (nSPS) is 14.3. The van der Waals surface area contributed by atoms with Gasteiger partial charge in [-0.25, -0.2) is 0 Å². The Bertz CT molecular complexity index is 379. The first kappa shape index (κ1) is 17.0. The Balaban J connectivity index is 2.73. The smallest absolute Gasteiger partial charge is 0.119 e. The molecule has 0 aliphatic carbocycles. The molecule has 0 fully saturated rings. The van der Waals surface area contributed by atoms with E-state index in [0.29, 0.717) is 12.1 Å². The number of benzene rings is 1. The zero-order valence-electron chi connectivity index (χ0n) is 13.6. The van der Waals surface area contributed by atoms with Crippen LogP contribution in [0.4, 0.5) is 0 Å². The van der Waals surface area contributed by atoms with E-state index < -0.39 is 0 Å². The van der Waals surface area contributed by atoms with Crippen molar-refractivity contribution in [1.29, 1.82) is 0 Å². The number of nitrogens with one attached hydrogen (secondary N) is 1. The molecule has 0 saturated carbocycles. The van der Waals surface area contributed by atoms with Crippen LogP contribution in [-0.2, 0) is 0 Å². The molecular formula is C17H30N2O. The van der Waals surface area contributed by atoms with Gasteiger partial charge in [0.05, 0.1) is 7.11 Å². The van der Waals surface area contributed by atoms with Crippen molar-refractivity contribution < 1.29 is 4.74 Å². The maximum atomic E-state index is 5.33. The average molecular weight is 278 g/mol. The van der Waals surface area contributed by atoms with Gasteiger partial charge in [-0.1, -0.05) is 32.4 Å². The monoisotopic (exact) mass is 278 g/mol. The summed E-state index contributed by atoms with van der Waals surface area (Å²) in [7, 11) is 5.98. The highest BCUT2D eigenvalue weighted by molar-refractivity contribution is 5.30. The van der Waals surface area contributed by atoms with Gasteiger partial charge in [0, 0.05) is 18.6 Å². The van der Waals surface area contributed by atoms with Crippen molar-refractivity contribution in [2.45, 2.75) is 45.2 Å². The van der Waals surface area contributed by atoms with E-state index in [9.17, 15) is 0 Å². The Kier molecular flexibility index (Phi) is 7.63. The van der Waals surface area contributed by atoms with E-state index >= 15 is 0 Å². The topological polar surface area (TPSA) is 24.5 Å². The highest BCUT2D eigenvalue weighted by atomic mass is 16.5. The molecule has 1 aromatic carbocycles. The molecule has 0 spiro atoms. The third kappa shape index (κ3) is 5.14. The van der Waals surface area contributed by atoms with Gasteiger partial charge in [0.2, 0.25) is 0 Å². The first-order valence-electron chi connectivity index (χ1n) is 7.66. The van der Waals surface area contributed by atoms with Gasteiger partial charge < -0.3 is 15.0 Å². The molecule has 0 aliphatic rings. The summed E-state index contributed by atoms with van der Waals surface area (Å²) in [6.45, 7) is 5.47. The number of rotatable bonds is 9. The number of hydrogen-bond acceptors (Lipinski definition) is 3. The van der Waals surface area contributed by atoms with Crippen LogP contribution < -0.4 is 10.1 Å². The zero-order valence-corrected chi connectivity index (χ0v) is 13.6. The van der Waals surface area contributed by atoms with Crippen molar-refractivity contribution in [3.8, 4) is 5.75 Å². The largest absolute Gasteiger partial charge is 0.497 e. The number of likely N-dealkylation sites (N-methyl/N-ethyl adjacent to an activating group) is 1. The van der Waals surface area contributed by atoms with Crippen molar-refractivity contribution in [2.24, 2.45) is 0 Å². The molecular weight excluding hydrogens is 248 g/mol. The summed E-state index contributed by atoms with van der Waals surface area (Å²) in [5.41, 5.74) is 1.30. The quantitative estimate of drug-likeness (QED) is 0.748. The van der Waals surface area contributed by atoms with Crippen LogP contribution in [0.3, 0.4) is 0 Å². The van der Waals surface area contributed by atoms with E-state index in [1.165, 1.54) is 24.8 Å². The number of hydrogen-bond donors (Lipinski definition) is 1. The first-order chi connectivity index (χ1) is 9.62. The van der Waals surface area contributed by atoms with Crippen molar-refractivity contribution in [1.82, 2.24) is 10.2 Å². The lowest BCUT2D eigenvalue weighted by atomic mass is 10.0. The van der Waals surface area contributed by atoms with Gasteiger partial charge in [-0.05, 0) is 44.6 Å². The molecule has 0 aromatic heterocycles. The molecule has 2 atom stereocenters. The van der Waals surface area contributed by atoms with Crippen LogP contribution in [0, 0.1) is 0 Å². The van der Waals surface area contributed by atoms with Crippen LogP contribution in [0.5, 0.6) is 5.75 Å². The highest BCUT2D eigenvalue weighted by Gasteiger charge is 2.16. The standard InChI is InChI=1S/C17H30N2O/c1-6-9-15(7-2)18-13-17(19(3)4)14-10-8-11-16(12-14)20-5/h8,10-12,15,17-18H,6-7,9,13H2,1-5H3. The van der Waals surface area contributed by atoms with E-state index in [0.717, 1.165) is 12.3 Å². The molecule has 1 rings (SSSR count). The maximum absolute atomic E-state index is 5.33. The van der Waals surface area contributed by atoms with Crippen LogP contribution >= 0.6 is 0 Å². The van der Waals surface area contributed by atoms with Gasteiger partial charge in [-0.3, -0.25) is 0 Å². The van der Waals surface area contributed by atoms with Crippen LogP contribution in [0.2, 0.25) is 0 Å². The van der Waals surface area contributed by atoms with Crippen LogP contribution in [0.15, 0.2) is 24.3 Å². The van der Waals surface area contributed by atoms with Crippen LogP contribution in [0.25, 0.3) is 0 Å². The maximum Gasteiger partial charge on any atom is 0.119 e. The fraction of sp³-hybridized carbons (Fsp3) is 0.647. The predicted octanol–water partition coefficient (Wildman–Crippen LogP) is 3.47. The molecule has 20 heavy (non-hydrogen) atoms. The molecule has 0 aliphatic heterocycles. The molecule has 0 heterocycles.